The Bertz CT molecular complexity index is 773. The number of pyridine rings is 1. The molecule has 1 aliphatic carbocycles. The fourth-order valence-electron chi connectivity index (χ4n) is 4.13. The molecule has 3 aliphatic rings. The van der Waals surface area contributed by atoms with Crippen LogP contribution < -0.4 is 4.74 Å². The second-order valence-corrected chi connectivity index (χ2v) is 8.45. The molecule has 4 heterocycles. The maximum Gasteiger partial charge on any atom is 0.140 e. The number of ether oxygens (including phenoxy) is 2. The Labute approximate surface area is 144 Å². The van der Waals surface area contributed by atoms with Gasteiger partial charge in [-0.3, -0.25) is 0 Å². The first-order chi connectivity index (χ1) is 11.1. The van der Waals surface area contributed by atoms with Crippen LogP contribution in [0, 0.1) is 0 Å². The number of rotatable bonds is 3. The molecular formula is C18H21BrN2O2. The number of nitrogens with zero attached hydrogens (tertiary/aromatic N) is 2. The van der Waals surface area contributed by atoms with Gasteiger partial charge in [0.1, 0.15) is 17.0 Å². The van der Waals surface area contributed by atoms with E-state index in [-0.39, 0.29) is 11.2 Å². The summed E-state index contributed by atoms with van der Waals surface area (Å²) in [6.45, 7) is 2.23. The third-order valence-corrected chi connectivity index (χ3v) is 6.47. The number of halogens is 1. The molecule has 23 heavy (non-hydrogen) atoms. The third-order valence-electron chi connectivity index (χ3n) is 5.88. The molecule has 0 radical (unpaired) electrons. The molecule has 2 aromatic heterocycles. The minimum Gasteiger partial charge on any atom is -0.489 e. The van der Waals surface area contributed by atoms with Gasteiger partial charge < -0.3 is 13.9 Å². The average molecular weight is 377 g/mol. The highest BCUT2D eigenvalue weighted by atomic mass is 79.9. The Hall–Kier alpha value is -1.07. The summed E-state index contributed by atoms with van der Waals surface area (Å²) in [4.78, 5) is 4.89. The van der Waals surface area contributed by atoms with Crippen LogP contribution in [-0.2, 0) is 10.3 Å². The molecule has 5 heteroatoms. The van der Waals surface area contributed by atoms with E-state index < -0.39 is 0 Å². The van der Waals surface area contributed by atoms with Crippen molar-refractivity contribution in [2.45, 2.75) is 69.2 Å². The van der Waals surface area contributed by atoms with Crippen molar-refractivity contribution in [2.24, 2.45) is 0 Å². The summed E-state index contributed by atoms with van der Waals surface area (Å²) >= 11 is 3.63. The number of aromatic nitrogens is 2. The molecule has 0 unspecified atom stereocenters. The van der Waals surface area contributed by atoms with E-state index in [2.05, 4.69) is 39.6 Å². The van der Waals surface area contributed by atoms with Gasteiger partial charge in [0.15, 0.2) is 0 Å². The van der Waals surface area contributed by atoms with Crippen LogP contribution in [0.25, 0.3) is 5.65 Å². The van der Waals surface area contributed by atoms with Crippen molar-refractivity contribution in [1.29, 1.82) is 0 Å². The number of hydrogen-bond donors (Lipinski definition) is 0. The van der Waals surface area contributed by atoms with Crippen LogP contribution >= 0.6 is 15.9 Å². The largest absolute Gasteiger partial charge is 0.489 e. The lowest BCUT2D eigenvalue weighted by atomic mass is 9.81. The van der Waals surface area contributed by atoms with E-state index in [0.717, 1.165) is 60.1 Å². The first kappa shape index (κ1) is 14.3. The zero-order chi connectivity index (χ0) is 15.7. The lowest BCUT2D eigenvalue weighted by Crippen LogP contribution is -2.24. The standard InChI is InChI=1S/C18H21BrN2O2/c1-17-5-7-18(23-17,8-6-17)15-11-21-10-13(19)14(9-16(21)20-15)22-12-3-2-4-12/h9-12H,2-8H2,1H3. The second kappa shape index (κ2) is 4.73. The lowest BCUT2D eigenvalue weighted by molar-refractivity contribution is -0.0433. The first-order valence-electron chi connectivity index (χ1n) is 8.61. The summed E-state index contributed by atoms with van der Waals surface area (Å²) in [7, 11) is 0. The fourth-order valence-corrected chi connectivity index (χ4v) is 4.56. The molecule has 0 aromatic carbocycles. The van der Waals surface area contributed by atoms with Crippen LogP contribution in [0.2, 0.25) is 0 Å². The summed E-state index contributed by atoms with van der Waals surface area (Å²) in [6.07, 6.45) is 12.6. The van der Waals surface area contributed by atoms with Crippen molar-refractivity contribution >= 4 is 21.6 Å². The van der Waals surface area contributed by atoms with Crippen LogP contribution in [0.15, 0.2) is 22.9 Å². The first-order valence-corrected chi connectivity index (χ1v) is 9.40. The topological polar surface area (TPSA) is 35.8 Å². The molecule has 1 saturated carbocycles. The van der Waals surface area contributed by atoms with Crippen LogP contribution in [0.3, 0.4) is 0 Å². The van der Waals surface area contributed by atoms with Crippen molar-refractivity contribution in [1.82, 2.24) is 9.38 Å². The molecule has 0 amide bonds. The minimum atomic E-state index is -0.164. The molecule has 2 bridgehead atoms. The van der Waals surface area contributed by atoms with Gasteiger partial charge in [-0.25, -0.2) is 4.98 Å². The molecule has 0 spiro atoms. The smallest absolute Gasteiger partial charge is 0.140 e. The van der Waals surface area contributed by atoms with Crippen molar-refractivity contribution < 1.29 is 9.47 Å². The van der Waals surface area contributed by atoms with Gasteiger partial charge in [0.05, 0.1) is 21.9 Å². The molecule has 2 aliphatic heterocycles. The normalized spacial score (nSPS) is 33.3. The van der Waals surface area contributed by atoms with Gasteiger partial charge >= 0.3 is 0 Å². The lowest BCUT2D eigenvalue weighted by Gasteiger charge is -2.26. The highest BCUT2D eigenvalue weighted by molar-refractivity contribution is 9.10. The Balaban J connectivity index is 1.52. The predicted octanol–water partition coefficient (Wildman–Crippen LogP) is 4.59. The second-order valence-electron chi connectivity index (χ2n) is 7.59. The zero-order valence-corrected chi connectivity index (χ0v) is 14.9. The third kappa shape index (κ3) is 2.16. The summed E-state index contributed by atoms with van der Waals surface area (Å²) in [5, 5.41) is 0. The molecule has 2 saturated heterocycles. The minimum absolute atomic E-state index is 0.0644. The van der Waals surface area contributed by atoms with E-state index in [1.54, 1.807) is 0 Å². The van der Waals surface area contributed by atoms with Crippen LogP contribution in [0.1, 0.15) is 57.6 Å². The summed E-state index contributed by atoms with van der Waals surface area (Å²) in [5.74, 6) is 0.903. The highest BCUT2D eigenvalue weighted by Gasteiger charge is 2.55. The molecule has 122 valence electrons. The Morgan fingerprint density at radius 1 is 1.26 bits per heavy atom. The van der Waals surface area contributed by atoms with Gasteiger partial charge in [0, 0.05) is 18.5 Å². The summed E-state index contributed by atoms with van der Waals surface area (Å²) < 4.78 is 15.5. The Morgan fingerprint density at radius 3 is 2.65 bits per heavy atom. The van der Waals surface area contributed by atoms with Crippen LogP contribution in [-0.4, -0.2) is 21.1 Å². The number of hydrogen-bond acceptors (Lipinski definition) is 3. The van der Waals surface area contributed by atoms with Crippen molar-refractivity contribution in [3.05, 3.63) is 28.6 Å². The van der Waals surface area contributed by atoms with Gasteiger partial charge in [-0.1, -0.05) is 0 Å². The molecule has 4 nitrogen and oxygen atoms in total. The monoisotopic (exact) mass is 376 g/mol. The molecular weight excluding hydrogens is 356 g/mol. The van der Waals surface area contributed by atoms with Crippen molar-refractivity contribution in [3.63, 3.8) is 0 Å². The average Bonchev–Trinajstić information content (AvgIpc) is 3.13. The van der Waals surface area contributed by atoms with Crippen LogP contribution in [0.4, 0.5) is 0 Å². The van der Waals surface area contributed by atoms with E-state index >= 15 is 0 Å². The van der Waals surface area contributed by atoms with Gasteiger partial charge in [0.25, 0.3) is 0 Å². The van der Waals surface area contributed by atoms with Gasteiger partial charge in [-0.2, -0.15) is 0 Å². The zero-order valence-electron chi connectivity index (χ0n) is 13.3. The molecule has 0 atom stereocenters. The van der Waals surface area contributed by atoms with Gasteiger partial charge in [-0.15, -0.1) is 0 Å². The van der Waals surface area contributed by atoms with E-state index in [9.17, 15) is 0 Å². The maximum atomic E-state index is 6.40. The number of imidazole rings is 1. The highest BCUT2D eigenvalue weighted by Crippen LogP contribution is 2.55. The summed E-state index contributed by atoms with van der Waals surface area (Å²) in [6, 6.07) is 2.05. The van der Waals surface area contributed by atoms with E-state index in [0.29, 0.717) is 6.10 Å². The molecule has 0 N–H and O–H groups in total. The van der Waals surface area contributed by atoms with Crippen LogP contribution in [0.5, 0.6) is 5.75 Å². The Morgan fingerprint density at radius 2 is 2.04 bits per heavy atom. The summed E-state index contributed by atoms with van der Waals surface area (Å²) in [5.41, 5.74) is 1.92. The number of fused-ring (bicyclic) bond motifs is 3. The van der Waals surface area contributed by atoms with E-state index in [1.165, 1.54) is 6.42 Å². The molecule has 3 fully saturated rings. The van der Waals surface area contributed by atoms with Crippen molar-refractivity contribution in [2.75, 3.05) is 0 Å². The predicted molar refractivity (Wildman–Crippen MR) is 90.8 cm³/mol. The Kier molecular flexibility index (Phi) is 2.94. The van der Waals surface area contributed by atoms with E-state index in [1.807, 2.05) is 6.07 Å². The maximum absolute atomic E-state index is 6.40. The van der Waals surface area contributed by atoms with Crippen molar-refractivity contribution in [3.8, 4) is 5.75 Å². The SMILES string of the molecule is CC12CCC(c3cn4cc(Br)c(OC5CCC5)cc4n3)(CC1)O2. The van der Waals surface area contributed by atoms with E-state index in [4.69, 9.17) is 14.5 Å². The quantitative estimate of drug-likeness (QED) is 0.785. The van der Waals surface area contributed by atoms with Gasteiger partial charge in [0.2, 0.25) is 0 Å². The molecule has 2 aromatic rings. The molecule has 5 rings (SSSR count). The fraction of sp³-hybridized carbons (Fsp3) is 0.611. The van der Waals surface area contributed by atoms with Gasteiger partial charge in [-0.05, 0) is 67.8 Å².